The Kier molecular flexibility index (Phi) is 3.34. The average molecular weight is 224 g/mol. The molecule has 16 heavy (non-hydrogen) atoms. The first-order valence-electron chi connectivity index (χ1n) is 4.28. The Morgan fingerprint density at radius 1 is 1.62 bits per heavy atom. The molecule has 84 valence electrons. The van der Waals surface area contributed by atoms with E-state index in [2.05, 4.69) is 6.58 Å². The first-order valence-corrected chi connectivity index (χ1v) is 4.28. The molecule has 0 amide bonds. The lowest BCUT2D eigenvalue weighted by molar-refractivity contribution is -0.387. The Morgan fingerprint density at radius 2 is 2.25 bits per heavy atom. The number of hydrogen-bond acceptors (Lipinski definition) is 4. The third-order valence-electron chi connectivity index (χ3n) is 1.68. The SMILES string of the molecule is C=C(C)OC(=N)c1ccc(F)c([N+](=O)[O-])c1. The van der Waals surface area contributed by atoms with Gasteiger partial charge in [0, 0.05) is 11.6 Å². The van der Waals surface area contributed by atoms with E-state index in [4.69, 9.17) is 10.1 Å². The van der Waals surface area contributed by atoms with Crippen LogP contribution in [0.4, 0.5) is 10.1 Å². The molecule has 0 radical (unpaired) electrons. The van der Waals surface area contributed by atoms with Crippen LogP contribution in [0.1, 0.15) is 12.5 Å². The Hall–Kier alpha value is -2.24. The standard InChI is InChI=1S/C10H9FN2O3/c1-6(2)16-10(12)7-3-4-8(11)9(5-7)13(14)15/h3-5,12H,1H2,2H3. The van der Waals surface area contributed by atoms with Crippen molar-refractivity contribution in [3.63, 3.8) is 0 Å². The Bertz CT molecular complexity index is 471. The van der Waals surface area contributed by atoms with Gasteiger partial charge < -0.3 is 4.74 Å². The summed E-state index contributed by atoms with van der Waals surface area (Å²) in [6.07, 6.45) is 0. The minimum Gasteiger partial charge on any atom is -0.444 e. The molecular weight excluding hydrogens is 215 g/mol. The molecule has 0 aliphatic rings. The Labute approximate surface area is 90.8 Å². The molecule has 0 fully saturated rings. The molecule has 0 bridgehead atoms. The van der Waals surface area contributed by atoms with E-state index < -0.39 is 16.4 Å². The molecule has 0 heterocycles. The summed E-state index contributed by atoms with van der Waals surface area (Å²) >= 11 is 0. The van der Waals surface area contributed by atoms with Crippen LogP contribution in [0.2, 0.25) is 0 Å². The number of halogens is 1. The summed E-state index contributed by atoms with van der Waals surface area (Å²) in [5.74, 6) is -0.982. The highest BCUT2D eigenvalue weighted by atomic mass is 19.1. The van der Waals surface area contributed by atoms with E-state index >= 15 is 0 Å². The maximum absolute atomic E-state index is 13.0. The number of benzene rings is 1. The van der Waals surface area contributed by atoms with Crippen molar-refractivity contribution in [1.82, 2.24) is 0 Å². The van der Waals surface area contributed by atoms with E-state index in [1.807, 2.05) is 0 Å². The van der Waals surface area contributed by atoms with Gasteiger partial charge in [0.15, 0.2) is 0 Å². The van der Waals surface area contributed by atoms with Gasteiger partial charge in [0.25, 0.3) is 0 Å². The summed E-state index contributed by atoms with van der Waals surface area (Å²) in [7, 11) is 0. The van der Waals surface area contributed by atoms with Crippen molar-refractivity contribution >= 4 is 11.6 Å². The van der Waals surface area contributed by atoms with E-state index in [9.17, 15) is 14.5 Å². The molecular formula is C10H9FN2O3. The molecule has 1 N–H and O–H groups in total. The van der Waals surface area contributed by atoms with E-state index in [1.165, 1.54) is 13.0 Å². The summed E-state index contributed by atoms with van der Waals surface area (Å²) in [6, 6.07) is 3.10. The lowest BCUT2D eigenvalue weighted by atomic mass is 10.2. The number of nitro groups is 1. The molecule has 0 aromatic heterocycles. The first-order chi connectivity index (χ1) is 7.41. The van der Waals surface area contributed by atoms with Crippen LogP contribution in [0.3, 0.4) is 0 Å². The van der Waals surface area contributed by atoms with E-state index in [0.29, 0.717) is 0 Å². The fourth-order valence-corrected chi connectivity index (χ4v) is 1.03. The third kappa shape index (κ3) is 2.63. The molecule has 6 heteroatoms. The second-order valence-corrected chi connectivity index (χ2v) is 3.06. The summed E-state index contributed by atoms with van der Waals surface area (Å²) in [6.45, 7) is 4.96. The van der Waals surface area contributed by atoms with E-state index in [1.54, 1.807) is 0 Å². The molecule has 1 aromatic rings. The van der Waals surface area contributed by atoms with Gasteiger partial charge in [0.05, 0.1) is 10.7 Å². The summed E-state index contributed by atoms with van der Waals surface area (Å²) in [5.41, 5.74) is -0.566. The maximum Gasteiger partial charge on any atom is 0.305 e. The maximum atomic E-state index is 13.0. The fraction of sp³-hybridized carbons (Fsp3) is 0.100. The van der Waals surface area contributed by atoms with E-state index in [0.717, 1.165) is 12.1 Å². The van der Waals surface area contributed by atoms with Gasteiger partial charge in [-0.15, -0.1) is 0 Å². The number of rotatable bonds is 3. The third-order valence-corrected chi connectivity index (χ3v) is 1.68. The second-order valence-electron chi connectivity index (χ2n) is 3.06. The number of nitrogens with one attached hydrogen (secondary N) is 1. The molecule has 0 saturated heterocycles. The molecule has 0 atom stereocenters. The van der Waals surface area contributed by atoms with Gasteiger partial charge in [-0.25, -0.2) is 0 Å². The molecule has 0 unspecified atom stereocenters. The Balaban J connectivity index is 3.08. The van der Waals surface area contributed by atoms with Gasteiger partial charge in [0.1, 0.15) is 0 Å². The van der Waals surface area contributed by atoms with Crippen molar-refractivity contribution in [3.8, 4) is 0 Å². The molecule has 5 nitrogen and oxygen atoms in total. The molecule has 0 saturated carbocycles. The normalized spacial score (nSPS) is 9.62. The van der Waals surface area contributed by atoms with Crippen LogP contribution in [-0.2, 0) is 4.74 Å². The monoisotopic (exact) mass is 224 g/mol. The molecule has 0 spiro atoms. The van der Waals surface area contributed by atoms with Crippen LogP contribution in [0, 0.1) is 21.3 Å². The van der Waals surface area contributed by atoms with Crippen LogP contribution in [0.25, 0.3) is 0 Å². The van der Waals surface area contributed by atoms with Crippen molar-refractivity contribution in [2.75, 3.05) is 0 Å². The molecule has 1 rings (SSSR count). The van der Waals surface area contributed by atoms with Crippen molar-refractivity contribution in [2.45, 2.75) is 6.92 Å². The zero-order chi connectivity index (χ0) is 12.3. The van der Waals surface area contributed by atoms with Crippen LogP contribution in [0.15, 0.2) is 30.5 Å². The number of nitrogens with zero attached hydrogens (tertiary/aromatic N) is 1. The summed E-state index contributed by atoms with van der Waals surface area (Å²) < 4.78 is 17.8. The topological polar surface area (TPSA) is 76.2 Å². The Morgan fingerprint density at radius 3 is 2.75 bits per heavy atom. The van der Waals surface area contributed by atoms with Gasteiger partial charge in [-0.1, -0.05) is 6.58 Å². The zero-order valence-corrected chi connectivity index (χ0v) is 8.49. The number of hydrogen-bond donors (Lipinski definition) is 1. The molecule has 0 aliphatic carbocycles. The minimum absolute atomic E-state index is 0.121. The summed E-state index contributed by atoms with van der Waals surface area (Å²) in [4.78, 5) is 9.60. The highest BCUT2D eigenvalue weighted by Gasteiger charge is 2.16. The van der Waals surface area contributed by atoms with Crippen molar-refractivity contribution in [3.05, 3.63) is 52.0 Å². The quantitative estimate of drug-likeness (QED) is 0.282. The minimum atomic E-state index is -0.947. The van der Waals surface area contributed by atoms with Crippen molar-refractivity contribution in [2.24, 2.45) is 0 Å². The van der Waals surface area contributed by atoms with Gasteiger partial charge in [0.2, 0.25) is 11.7 Å². The number of ether oxygens (including phenoxy) is 1. The lowest BCUT2D eigenvalue weighted by Crippen LogP contribution is -2.04. The average Bonchev–Trinajstić information content (AvgIpc) is 2.16. The second kappa shape index (κ2) is 4.52. The highest BCUT2D eigenvalue weighted by Crippen LogP contribution is 2.19. The zero-order valence-electron chi connectivity index (χ0n) is 8.49. The van der Waals surface area contributed by atoms with Crippen molar-refractivity contribution in [1.29, 1.82) is 5.41 Å². The van der Waals surface area contributed by atoms with Crippen molar-refractivity contribution < 1.29 is 14.1 Å². The largest absolute Gasteiger partial charge is 0.444 e. The van der Waals surface area contributed by atoms with Crippen LogP contribution >= 0.6 is 0 Å². The predicted octanol–water partition coefficient (Wildman–Crippen LogP) is 2.61. The van der Waals surface area contributed by atoms with E-state index in [-0.39, 0.29) is 17.2 Å². The number of nitro benzene ring substituents is 1. The van der Waals surface area contributed by atoms with Crippen LogP contribution in [0.5, 0.6) is 0 Å². The molecule has 0 aliphatic heterocycles. The molecule has 1 aromatic carbocycles. The van der Waals surface area contributed by atoms with Gasteiger partial charge in [-0.05, 0) is 19.1 Å². The predicted molar refractivity (Wildman–Crippen MR) is 55.8 cm³/mol. The van der Waals surface area contributed by atoms with Gasteiger partial charge in [-0.2, -0.15) is 4.39 Å². The fourth-order valence-electron chi connectivity index (χ4n) is 1.03. The van der Waals surface area contributed by atoms with Crippen LogP contribution < -0.4 is 0 Å². The first kappa shape index (κ1) is 11.8. The number of allylic oxidation sites excluding steroid dienone is 1. The van der Waals surface area contributed by atoms with Gasteiger partial charge >= 0.3 is 5.69 Å². The lowest BCUT2D eigenvalue weighted by Gasteiger charge is -2.05. The highest BCUT2D eigenvalue weighted by molar-refractivity contribution is 5.92. The smallest absolute Gasteiger partial charge is 0.305 e. The summed E-state index contributed by atoms with van der Waals surface area (Å²) in [5, 5.41) is 17.9. The van der Waals surface area contributed by atoms with Crippen LogP contribution in [-0.4, -0.2) is 10.8 Å². The van der Waals surface area contributed by atoms with Gasteiger partial charge in [-0.3, -0.25) is 15.5 Å².